The number of nitrogens with zero attached hydrogens (tertiary/aromatic N) is 2. The lowest BCUT2D eigenvalue weighted by atomic mass is 10.2. The molecule has 3 N–H and O–H groups in total. The first-order chi connectivity index (χ1) is 12.6. The molecule has 1 aromatic heterocycles. The van der Waals surface area contributed by atoms with Crippen LogP contribution in [0.3, 0.4) is 0 Å². The van der Waals surface area contributed by atoms with E-state index in [2.05, 4.69) is 10.4 Å². The van der Waals surface area contributed by atoms with E-state index in [4.69, 9.17) is 20.1 Å². The van der Waals surface area contributed by atoms with E-state index in [1.807, 2.05) is 6.92 Å². The Kier molecular flexibility index (Phi) is 4.94. The monoisotopic (exact) mass is 356 g/mol. The SMILES string of the molecule is CCOc1ccc(-n2c(NN)nc3cc(OC)c(OC)cc3c2=O)cc1. The van der Waals surface area contributed by atoms with Crippen molar-refractivity contribution in [2.24, 2.45) is 5.84 Å². The smallest absolute Gasteiger partial charge is 0.267 e. The fourth-order valence-corrected chi connectivity index (χ4v) is 2.71. The molecule has 0 aliphatic heterocycles. The molecule has 8 heteroatoms. The first-order valence-corrected chi connectivity index (χ1v) is 8.01. The van der Waals surface area contributed by atoms with Gasteiger partial charge < -0.3 is 14.2 Å². The second-order valence-electron chi connectivity index (χ2n) is 5.37. The highest BCUT2D eigenvalue weighted by Gasteiger charge is 2.15. The molecule has 0 unspecified atom stereocenters. The predicted octanol–water partition coefficient (Wildman–Crippen LogP) is 2.09. The lowest BCUT2D eigenvalue weighted by molar-refractivity contribution is 0.340. The van der Waals surface area contributed by atoms with Crippen molar-refractivity contribution in [3.63, 3.8) is 0 Å². The Hall–Kier alpha value is -3.26. The second-order valence-corrected chi connectivity index (χ2v) is 5.37. The molecule has 136 valence electrons. The Labute approximate surface area is 150 Å². The van der Waals surface area contributed by atoms with Gasteiger partial charge in [-0.25, -0.2) is 15.4 Å². The van der Waals surface area contributed by atoms with Gasteiger partial charge in [-0.2, -0.15) is 0 Å². The maximum atomic E-state index is 13.1. The molecule has 0 saturated carbocycles. The van der Waals surface area contributed by atoms with Crippen molar-refractivity contribution in [1.82, 2.24) is 9.55 Å². The molecule has 0 fully saturated rings. The van der Waals surface area contributed by atoms with Crippen LogP contribution in [0.2, 0.25) is 0 Å². The van der Waals surface area contributed by atoms with Crippen LogP contribution >= 0.6 is 0 Å². The number of methoxy groups -OCH3 is 2. The standard InChI is InChI=1S/C18H20N4O4/c1-4-26-12-7-5-11(6-8-12)22-17(23)13-9-15(24-2)16(25-3)10-14(13)20-18(22)21-19/h5-10H,4,19H2,1-3H3,(H,20,21). The van der Waals surface area contributed by atoms with Crippen molar-refractivity contribution in [2.45, 2.75) is 6.92 Å². The van der Waals surface area contributed by atoms with Gasteiger partial charge in [-0.1, -0.05) is 0 Å². The molecule has 0 bridgehead atoms. The van der Waals surface area contributed by atoms with Crippen LogP contribution in [0.25, 0.3) is 16.6 Å². The predicted molar refractivity (Wildman–Crippen MR) is 99.4 cm³/mol. The van der Waals surface area contributed by atoms with Gasteiger partial charge in [0.2, 0.25) is 5.95 Å². The van der Waals surface area contributed by atoms with Gasteiger partial charge in [0, 0.05) is 6.07 Å². The van der Waals surface area contributed by atoms with Crippen LogP contribution in [0.1, 0.15) is 6.92 Å². The molecule has 0 aliphatic rings. The minimum atomic E-state index is -0.284. The fourth-order valence-electron chi connectivity index (χ4n) is 2.71. The zero-order chi connectivity index (χ0) is 18.7. The van der Waals surface area contributed by atoms with Gasteiger partial charge >= 0.3 is 0 Å². The van der Waals surface area contributed by atoms with Crippen molar-refractivity contribution in [3.05, 3.63) is 46.8 Å². The molecule has 3 rings (SSSR count). The average Bonchev–Trinajstić information content (AvgIpc) is 2.68. The summed E-state index contributed by atoms with van der Waals surface area (Å²) in [6.45, 7) is 2.47. The highest BCUT2D eigenvalue weighted by Crippen LogP contribution is 2.31. The summed E-state index contributed by atoms with van der Waals surface area (Å²) in [6.07, 6.45) is 0. The largest absolute Gasteiger partial charge is 0.494 e. The third-order valence-corrected chi connectivity index (χ3v) is 3.91. The van der Waals surface area contributed by atoms with E-state index in [9.17, 15) is 4.79 Å². The first-order valence-electron chi connectivity index (χ1n) is 8.01. The first kappa shape index (κ1) is 17.6. The minimum absolute atomic E-state index is 0.207. The highest BCUT2D eigenvalue weighted by molar-refractivity contribution is 5.83. The number of fused-ring (bicyclic) bond motifs is 1. The number of hydrogen-bond acceptors (Lipinski definition) is 7. The summed E-state index contributed by atoms with van der Waals surface area (Å²) in [5.41, 5.74) is 3.25. The molecule has 0 atom stereocenters. The zero-order valence-electron chi connectivity index (χ0n) is 14.8. The molecule has 26 heavy (non-hydrogen) atoms. The third kappa shape index (κ3) is 3.02. The Balaban J connectivity index is 2.24. The number of ether oxygens (including phenoxy) is 3. The molecule has 0 radical (unpaired) electrons. The summed E-state index contributed by atoms with van der Waals surface area (Å²) in [5.74, 6) is 7.45. The topological polar surface area (TPSA) is 101 Å². The van der Waals surface area contributed by atoms with Crippen LogP contribution in [0.5, 0.6) is 17.2 Å². The highest BCUT2D eigenvalue weighted by atomic mass is 16.5. The van der Waals surface area contributed by atoms with Gasteiger partial charge in [0.15, 0.2) is 11.5 Å². The van der Waals surface area contributed by atoms with Gasteiger partial charge in [-0.15, -0.1) is 0 Å². The average molecular weight is 356 g/mol. The molecule has 0 saturated heterocycles. The maximum Gasteiger partial charge on any atom is 0.267 e. The van der Waals surface area contributed by atoms with E-state index in [0.717, 1.165) is 0 Å². The molecule has 1 heterocycles. The fraction of sp³-hybridized carbons (Fsp3) is 0.222. The van der Waals surface area contributed by atoms with Crippen molar-refractivity contribution >= 4 is 16.9 Å². The molecule has 8 nitrogen and oxygen atoms in total. The van der Waals surface area contributed by atoms with Crippen molar-refractivity contribution in [1.29, 1.82) is 0 Å². The van der Waals surface area contributed by atoms with E-state index < -0.39 is 0 Å². The molecular formula is C18H20N4O4. The Morgan fingerprint density at radius 3 is 2.35 bits per heavy atom. The number of hydrogen-bond donors (Lipinski definition) is 2. The normalized spacial score (nSPS) is 10.6. The number of nitrogen functional groups attached to an aromatic ring is 1. The number of anilines is 1. The zero-order valence-corrected chi connectivity index (χ0v) is 14.8. The molecule has 0 aliphatic carbocycles. The third-order valence-electron chi connectivity index (χ3n) is 3.91. The molecule has 3 aromatic rings. The summed E-state index contributed by atoms with van der Waals surface area (Å²) in [5, 5.41) is 0.385. The van der Waals surface area contributed by atoms with Crippen LogP contribution in [0.15, 0.2) is 41.2 Å². The van der Waals surface area contributed by atoms with Crippen molar-refractivity contribution < 1.29 is 14.2 Å². The van der Waals surface area contributed by atoms with Gasteiger partial charge in [-0.3, -0.25) is 10.2 Å². The number of hydrazine groups is 1. The Morgan fingerprint density at radius 1 is 1.12 bits per heavy atom. The summed E-state index contributed by atoms with van der Waals surface area (Å²) < 4.78 is 17.4. The van der Waals surface area contributed by atoms with E-state index in [-0.39, 0.29) is 11.5 Å². The van der Waals surface area contributed by atoms with Gasteiger partial charge in [-0.05, 0) is 37.3 Å². The number of aromatic nitrogens is 2. The lowest BCUT2D eigenvalue weighted by Crippen LogP contribution is -2.26. The Morgan fingerprint density at radius 2 is 1.77 bits per heavy atom. The second kappa shape index (κ2) is 7.32. The Bertz CT molecular complexity index is 983. The van der Waals surface area contributed by atoms with E-state index in [1.54, 1.807) is 36.4 Å². The van der Waals surface area contributed by atoms with Gasteiger partial charge in [0.1, 0.15) is 5.75 Å². The maximum absolute atomic E-state index is 13.1. The van der Waals surface area contributed by atoms with Crippen LogP contribution in [-0.4, -0.2) is 30.4 Å². The van der Waals surface area contributed by atoms with E-state index in [1.165, 1.54) is 18.8 Å². The molecule has 0 spiro atoms. The number of rotatable bonds is 6. The molecular weight excluding hydrogens is 336 g/mol. The van der Waals surface area contributed by atoms with Crippen LogP contribution in [0.4, 0.5) is 5.95 Å². The van der Waals surface area contributed by atoms with Gasteiger partial charge in [0.25, 0.3) is 5.56 Å². The van der Waals surface area contributed by atoms with E-state index in [0.29, 0.717) is 40.4 Å². The molecule has 0 amide bonds. The van der Waals surface area contributed by atoms with Crippen molar-refractivity contribution in [3.8, 4) is 22.9 Å². The van der Waals surface area contributed by atoms with Crippen molar-refractivity contribution in [2.75, 3.05) is 26.3 Å². The lowest BCUT2D eigenvalue weighted by Gasteiger charge is -2.15. The number of nitrogens with two attached hydrogens (primary N) is 1. The summed E-state index contributed by atoms with van der Waals surface area (Å²) >= 11 is 0. The number of benzene rings is 2. The summed E-state index contributed by atoms with van der Waals surface area (Å²) in [6, 6.07) is 10.3. The van der Waals surface area contributed by atoms with E-state index >= 15 is 0 Å². The van der Waals surface area contributed by atoms with Crippen LogP contribution in [-0.2, 0) is 0 Å². The minimum Gasteiger partial charge on any atom is -0.494 e. The van der Waals surface area contributed by atoms with Crippen LogP contribution < -0.4 is 31.0 Å². The van der Waals surface area contributed by atoms with Gasteiger partial charge in [0.05, 0.1) is 37.4 Å². The summed E-state index contributed by atoms with van der Waals surface area (Å²) in [4.78, 5) is 17.5. The molecule has 2 aromatic carbocycles. The van der Waals surface area contributed by atoms with Crippen LogP contribution in [0, 0.1) is 0 Å². The number of nitrogens with one attached hydrogen (secondary N) is 1. The summed E-state index contributed by atoms with van der Waals surface area (Å²) in [7, 11) is 3.03. The quantitative estimate of drug-likeness (QED) is 0.515.